The summed E-state index contributed by atoms with van der Waals surface area (Å²) in [4.78, 5) is 6.81. The Bertz CT molecular complexity index is 1010. The third-order valence-corrected chi connectivity index (χ3v) is 6.62. The van der Waals surface area contributed by atoms with E-state index in [4.69, 9.17) is 12.2 Å². The van der Waals surface area contributed by atoms with E-state index >= 15 is 0 Å². The van der Waals surface area contributed by atoms with Crippen LogP contribution in [0, 0.1) is 0 Å². The molecule has 3 heterocycles. The van der Waals surface area contributed by atoms with Crippen molar-refractivity contribution in [3.8, 4) is 5.75 Å². The number of anilines is 1. The van der Waals surface area contributed by atoms with Crippen LogP contribution in [0.4, 0.5) is 5.69 Å². The van der Waals surface area contributed by atoms with Gasteiger partial charge in [-0.25, -0.2) is 0 Å². The van der Waals surface area contributed by atoms with Crippen LogP contribution in [0.1, 0.15) is 61.6 Å². The van der Waals surface area contributed by atoms with Crippen molar-refractivity contribution in [3.05, 3.63) is 78.4 Å². The molecule has 0 amide bonds. The van der Waals surface area contributed by atoms with Crippen LogP contribution < -0.4 is 10.2 Å². The zero-order chi connectivity index (χ0) is 20.5. The molecule has 2 N–H and O–H groups in total. The lowest BCUT2D eigenvalue weighted by molar-refractivity contribution is 0.340. The molecule has 2 aromatic heterocycles. The van der Waals surface area contributed by atoms with Crippen LogP contribution in [-0.4, -0.2) is 19.8 Å². The van der Waals surface area contributed by atoms with E-state index in [1.165, 1.54) is 37.8 Å². The Kier molecular flexibility index (Phi) is 5.17. The van der Waals surface area contributed by atoms with Crippen molar-refractivity contribution in [1.29, 1.82) is 0 Å². The molecule has 5 nitrogen and oxygen atoms in total. The summed E-state index contributed by atoms with van der Waals surface area (Å²) >= 11 is 5.80. The van der Waals surface area contributed by atoms with Gasteiger partial charge < -0.3 is 19.9 Å². The van der Waals surface area contributed by atoms with Gasteiger partial charge in [-0.1, -0.05) is 25.3 Å². The van der Waals surface area contributed by atoms with Gasteiger partial charge in [-0.3, -0.25) is 4.98 Å². The Labute approximate surface area is 182 Å². The molecule has 0 bridgehead atoms. The molecule has 0 spiro atoms. The average molecular weight is 419 g/mol. The number of phenolic OH excluding ortho intramolecular Hbond substituents is 1. The van der Waals surface area contributed by atoms with Gasteiger partial charge in [0.2, 0.25) is 0 Å². The lowest BCUT2D eigenvalue weighted by atomic mass is 9.94. The maximum absolute atomic E-state index is 9.78. The number of aromatic hydroxyl groups is 1. The van der Waals surface area contributed by atoms with Crippen molar-refractivity contribution in [1.82, 2.24) is 14.9 Å². The van der Waals surface area contributed by atoms with Crippen molar-refractivity contribution in [2.24, 2.45) is 0 Å². The second-order valence-electron chi connectivity index (χ2n) is 8.15. The van der Waals surface area contributed by atoms with Gasteiger partial charge in [0.15, 0.2) is 5.11 Å². The van der Waals surface area contributed by atoms with Crippen LogP contribution in [0.5, 0.6) is 5.75 Å². The van der Waals surface area contributed by atoms with Crippen LogP contribution in [0.25, 0.3) is 0 Å². The highest BCUT2D eigenvalue weighted by Gasteiger charge is 2.42. The molecule has 2 atom stereocenters. The second-order valence-corrected chi connectivity index (χ2v) is 8.53. The number of benzene rings is 1. The number of nitrogens with zero attached hydrogens (tertiary/aromatic N) is 3. The largest absolute Gasteiger partial charge is 0.508 e. The second kappa shape index (κ2) is 8.11. The Morgan fingerprint density at radius 1 is 0.967 bits per heavy atom. The number of hydrogen-bond donors (Lipinski definition) is 2. The van der Waals surface area contributed by atoms with Gasteiger partial charge >= 0.3 is 0 Å². The van der Waals surface area contributed by atoms with Gasteiger partial charge in [-0.2, -0.15) is 0 Å². The van der Waals surface area contributed by atoms with Gasteiger partial charge in [-0.05, 0) is 73.6 Å². The molecule has 1 aromatic carbocycles. The first-order chi connectivity index (χ1) is 14.7. The average Bonchev–Trinajstić information content (AvgIpc) is 3.40. The summed E-state index contributed by atoms with van der Waals surface area (Å²) in [6, 6.07) is 18.1. The highest BCUT2D eigenvalue weighted by molar-refractivity contribution is 7.80. The zero-order valence-corrected chi connectivity index (χ0v) is 17.6. The van der Waals surface area contributed by atoms with E-state index in [0.29, 0.717) is 11.2 Å². The number of pyridine rings is 1. The van der Waals surface area contributed by atoms with Crippen molar-refractivity contribution in [2.75, 3.05) is 4.90 Å². The number of rotatable bonds is 4. The monoisotopic (exact) mass is 418 g/mol. The number of aromatic nitrogens is 2. The molecule has 0 unspecified atom stereocenters. The molecule has 2 fully saturated rings. The summed E-state index contributed by atoms with van der Waals surface area (Å²) in [5.41, 5.74) is 3.19. The first-order valence-corrected chi connectivity index (χ1v) is 11.1. The first kappa shape index (κ1) is 19.1. The minimum Gasteiger partial charge on any atom is -0.508 e. The molecular formula is C24H26N4OS. The smallest absolute Gasteiger partial charge is 0.174 e. The molecule has 1 aliphatic heterocycles. The quantitative estimate of drug-likeness (QED) is 0.565. The van der Waals surface area contributed by atoms with Gasteiger partial charge in [0.1, 0.15) is 11.8 Å². The van der Waals surface area contributed by atoms with E-state index in [2.05, 4.69) is 44.2 Å². The van der Waals surface area contributed by atoms with E-state index in [1.807, 2.05) is 30.5 Å². The van der Waals surface area contributed by atoms with Crippen molar-refractivity contribution in [3.63, 3.8) is 0 Å². The van der Waals surface area contributed by atoms with Crippen LogP contribution >= 0.6 is 12.2 Å². The SMILES string of the molecule is Oc1ccc(N2C(=S)N[C@H](c3ccccn3)[C@H]2c2cccn2C2CCCCC2)cc1. The summed E-state index contributed by atoms with van der Waals surface area (Å²) in [5, 5.41) is 14.0. The molecule has 1 saturated heterocycles. The Morgan fingerprint density at radius 2 is 1.77 bits per heavy atom. The molecule has 3 aromatic rings. The minimum absolute atomic E-state index is 0.0196. The summed E-state index contributed by atoms with van der Waals surface area (Å²) in [6.45, 7) is 0. The van der Waals surface area contributed by atoms with E-state index in [1.54, 1.807) is 12.1 Å². The molecule has 0 radical (unpaired) electrons. The van der Waals surface area contributed by atoms with Crippen LogP contribution in [-0.2, 0) is 0 Å². The Morgan fingerprint density at radius 3 is 2.50 bits per heavy atom. The summed E-state index contributed by atoms with van der Waals surface area (Å²) in [6.07, 6.45) is 10.4. The maximum Gasteiger partial charge on any atom is 0.174 e. The Balaban J connectivity index is 1.61. The molecule has 1 saturated carbocycles. The molecule has 5 rings (SSSR count). The van der Waals surface area contributed by atoms with E-state index in [-0.39, 0.29) is 17.8 Å². The number of hydrogen-bond acceptors (Lipinski definition) is 3. The van der Waals surface area contributed by atoms with Gasteiger partial charge in [0, 0.05) is 29.8 Å². The zero-order valence-electron chi connectivity index (χ0n) is 16.8. The van der Waals surface area contributed by atoms with Crippen LogP contribution in [0.15, 0.2) is 67.0 Å². The fourth-order valence-electron chi connectivity index (χ4n) is 4.90. The van der Waals surface area contributed by atoms with E-state index in [0.717, 1.165) is 11.4 Å². The molecule has 1 aliphatic carbocycles. The van der Waals surface area contributed by atoms with Crippen LogP contribution in [0.2, 0.25) is 0 Å². The minimum atomic E-state index is -0.0512. The maximum atomic E-state index is 9.78. The summed E-state index contributed by atoms with van der Waals surface area (Å²) in [7, 11) is 0. The lowest BCUT2D eigenvalue weighted by Crippen LogP contribution is -2.31. The number of phenols is 1. The normalized spacial score (nSPS) is 22.3. The molecule has 30 heavy (non-hydrogen) atoms. The Hall–Kier alpha value is -2.86. The first-order valence-electron chi connectivity index (χ1n) is 10.7. The lowest BCUT2D eigenvalue weighted by Gasteiger charge is -2.32. The van der Waals surface area contributed by atoms with E-state index in [9.17, 15) is 5.11 Å². The van der Waals surface area contributed by atoms with Gasteiger partial charge in [0.05, 0.1) is 11.7 Å². The van der Waals surface area contributed by atoms with Crippen molar-refractivity contribution in [2.45, 2.75) is 50.2 Å². The third kappa shape index (κ3) is 3.45. The van der Waals surface area contributed by atoms with E-state index < -0.39 is 0 Å². The highest BCUT2D eigenvalue weighted by Crippen LogP contribution is 2.43. The topological polar surface area (TPSA) is 53.3 Å². The molecule has 2 aliphatic rings. The summed E-state index contributed by atoms with van der Waals surface area (Å²) < 4.78 is 2.46. The van der Waals surface area contributed by atoms with Crippen molar-refractivity contribution >= 4 is 23.0 Å². The van der Waals surface area contributed by atoms with Crippen LogP contribution in [0.3, 0.4) is 0 Å². The fraction of sp³-hybridized carbons (Fsp3) is 0.333. The predicted molar refractivity (Wildman–Crippen MR) is 123 cm³/mol. The van der Waals surface area contributed by atoms with Crippen molar-refractivity contribution < 1.29 is 5.11 Å². The highest BCUT2D eigenvalue weighted by atomic mass is 32.1. The standard InChI is InChI=1S/C24H26N4OS/c29-19-13-11-18(12-14-19)28-23(22(26-24(28)30)20-9-4-5-15-25-20)21-10-6-16-27(21)17-7-2-1-3-8-17/h4-6,9-17,22-23,29H,1-3,7-8H2,(H,26,30)/t22-,23-/m1/s1. The molecular weight excluding hydrogens is 392 g/mol. The predicted octanol–water partition coefficient (Wildman–Crippen LogP) is 5.27. The summed E-state index contributed by atoms with van der Waals surface area (Å²) in [5.74, 6) is 0.250. The fourth-order valence-corrected chi connectivity index (χ4v) is 5.24. The van der Waals surface area contributed by atoms with Gasteiger partial charge in [0.25, 0.3) is 0 Å². The third-order valence-electron chi connectivity index (χ3n) is 6.31. The molecule has 154 valence electrons. The molecule has 6 heteroatoms. The number of thiocarbonyl (C=S) groups is 1. The van der Waals surface area contributed by atoms with Gasteiger partial charge in [-0.15, -0.1) is 0 Å². The number of nitrogens with one attached hydrogen (secondary N) is 1.